The van der Waals surface area contributed by atoms with Crippen LogP contribution in [-0.2, 0) is 16.1 Å². The SMILES string of the molecule is COC(=O)[C@H]1CCC[C@H]1NCc1cccc(O)c1. The van der Waals surface area contributed by atoms with Crippen molar-refractivity contribution in [3.05, 3.63) is 29.8 Å². The van der Waals surface area contributed by atoms with E-state index >= 15 is 0 Å². The van der Waals surface area contributed by atoms with Gasteiger partial charge >= 0.3 is 5.97 Å². The van der Waals surface area contributed by atoms with Crippen LogP contribution < -0.4 is 5.32 Å². The highest BCUT2D eigenvalue weighted by Crippen LogP contribution is 2.27. The molecule has 0 heterocycles. The zero-order valence-corrected chi connectivity index (χ0v) is 10.6. The van der Waals surface area contributed by atoms with E-state index in [-0.39, 0.29) is 23.7 Å². The predicted octanol–water partition coefficient (Wildman–Crippen LogP) is 1.82. The van der Waals surface area contributed by atoms with Crippen LogP contribution in [-0.4, -0.2) is 24.2 Å². The van der Waals surface area contributed by atoms with E-state index in [1.807, 2.05) is 12.1 Å². The van der Waals surface area contributed by atoms with Crippen molar-refractivity contribution in [2.24, 2.45) is 5.92 Å². The van der Waals surface area contributed by atoms with Crippen LogP contribution in [0.4, 0.5) is 0 Å². The lowest BCUT2D eigenvalue weighted by Gasteiger charge is -2.19. The molecule has 2 N–H and O–H groups in total. The van der Waals surface area contributed by atoms with Crippen LogP contribution in [0.1, 0.15) is 24.8 Å². The Kier molecular flexibility index (Phi) is 4.20. The van der Waals surface area contributed by atoms with Crippen LogP contribution in [0.2, 0.25) is 0 Å². The van der Waals surface area contributed by atoms with Crippen LogP contribution in [0, 0.1) is 5.92 Å². The summed E-state index contributed by atoms with van der Waals surface area (Å²) in [6.45, 7) is 0.659. The number of aromatic hydroxyl groups is 1. The maximum Gasteiger partial charge on any atom is 0.310 e. The van der Waals surface area contributed by atoms with Crippen molar-refractivity contribution < 1.29 is 14.6 Å². The number of hydrogen-bond acceptors (Lipinski definition) is 4. The summed E-state index contributed by atoms with van der Waals surface area (Å²) in [6, 6.07) is 7.33. The van der Waals surface area contributed by atoms with Gasteiger partial charge in [-0.3, -0.25) is 4.79 Å². The summed E-state index contributed by atoms with van der Waals surface area (Å²) in [6.07, 6.45) is 2.94. The van der Waals surface area contributed by atoms with Gasteiger partial charge in [-0.15, -0.1) is 0 Å². The van der Waals surface area contributed by atoms with Gasteiger partial charge in [0.2, 0.25) is 0 Å². The summed E-state index contributed by atoms with van der Waals surface area (Å²) >= 11 is 0. The molecule has 4 nitrogen and oxygen atoms in total. The van der Waals surface area contributed by atoms with Gasteiger partial charge in [0.1, 0.15) is 5.75 Å². The second-order valence-corrected chi connectivity index (χ2v) is 4.72. The Morgan fingerprint density at radius 3 is 3.06 bits per heavy atom. The largest absolute Gasteiger partial charge is 0.508 e. The van der Waals surface area contributed by atoms with Gasteiger partial charge in [0, 0.05) is 12.6 Å². The molecule has 1 aromatic rings. The minimum atomic E-state index is -0.124. The summed E-state index contributed by atoms with van der Waals surface area (Å²) in [7, 11) is 1.44. The molecule has 1 fully saturated rings. The van der Waals surface area contributed by atoms with E-state index in [9.17, 15) is 9.90 Å². The molecule has 98 valence electrons. The second kappa shape index (κ2) is 5.87. The van der Waals surface area contributed by atoms with Gasteiger partial charge in [0.05, 0.1) is 13.0 Å². The van der Waals surface area contributed by atoms with Crippen molar-refractivity contribution in [1.82, 2.24) is 5.32 Å². The monoisotopic (exact) mass is 249 g/mol. The average molecular weight is 249 g/mol. The highest BCUT2D eigenvalue weighted by atomic mass is 16.5. The number of ether oxygens (including phenoxy) is 1. The van der Waals surface area contributed by atoms with E-state index in [0.29, 0.717) is 6.54 Å². The van der Waals surface area contributed by atoms with Crippen LogP contribution in [0.3, 0.4) is 0 Å². The highest BCUT2D eigenvalue weighted by Gasteiger charge is 2.33. The third kappa shape index (κ3) is 3.01. The molecule has 0 radical (unpaired) electrons. The Labute approximate surface area is 107 Å². The Morgan fingerprint density at radius 1 is 1.50 bits per heavy atom. The molecule has 18 heavy (non-hydrogen) atoms. The van der Waals surface area contributed by atoms with Gasteiger partial charge in [-0.25, -0.2) is 0 Å². The fraction of sp³-hybridized carbons (Fsp3) is 0.500. The third-order valence-corrected chi connectivity index (χ3v) is 3.50. The van der Waals surface area contributed by atoms with E-state index in [4.69, 9.17) is 4.74 Å². The van der Waals surface area contributed by atoms with Crippen molar-refractivity contribution in [3.8, 4) is 5.75 Å². The lowest BCUT2D eigenvalue weighted by Crippen LogP contribution is -2.36. The van der Waals surface area contributed by atoms with E-state index in [1.165, 1.54) is 7.11 Å². The van der Waals surface area contributed by atoms with Gasteiger partial charge in [-0.2, -0.15) is 0 Å². The maximum absolute atomic E-state index is 11.6. The van der Waals surface area contributed by atoms with Crippen LogP contribution >= 0.6 is 0 Å². The summed E-state index contributed by atoms with van der Waals surface area (Å²) in [5, 5.41) is 12.8. The molecular weight excluding hydrogens is 230 g/mol. The zero-order valence-electron chi connectivity index (χ0n) is 10.6. The first-order chi connectivity index (χ1) is 8.70. The molecule has 2 atom stereocenters. The van der Waals surface area contributed by atoms with E-state index in [0.717, 1.165) is 24.8 Å². The molecule has 2 rings (SSSR count). The minimum Gasteiger partial charge on any atom is -0.508 e. The van der Waals surface area contributed by atoms with Crippen LogP contribution in [0.15, 0.2) is 24.3 Å². The number of hydrogen-bond donors (Lipinski definition) is 2. The standard InChI is InChI=1S/C14H19NO3/c1-18-14(17)12-6-3-7-13(12)15-9-10-4-2-5-11(16)8-10/h2,4-5,8,12-13,15-16H,3,6-7,9H2,1H3/t12-,13+/m0/s1. The third-order valence-electron chi connectivity index (χ3n) is 3.50. The normalized spacial score (nSPS) is 22.9. The van der Waals surface area contributed by atoms with Gasteiger partial charge in [0.25, 0.3) is 0 Å². The smallest absolute Gasteiger partial charge is 0.310 e. The lowest BCUT2D eigenvalue weighted by atomic mass is 10.0. The average Bonchev–Trinajstić information content (AvgIpc) is 2.84. The minimum absolute atomic E-state index is 0.0349. The van der Waals surface area contributed by atoms with Crippen molar-refractivity contribution in [3.63, 3.8) is 0 Å². The fourth-order valence-corrected chi connectivity index (χ4v) is 2.55. The first-order valence-corrected chi connectivity index (χ1v) is 6.30. The molecule has 1 saturated carbocycles. The van der Waals surface area contributed by atoms with Crippen molar-refractivity contribution in [2.75, 3.05) is 7.11 Å². The number of nitrogens with one attached hydrogen (secondary N) is 1. The molecule has 4 heteroatoms. The van der Waals surface area contributed by atoms with Crippen LogP contribution in [0.5, 0.6) is 5.75 Å². The molecular formula is C14H19NO3. The summed E-state index contributed by atoms with van der Waals surface area (Å²) < 4.78 is 4.82. The molecule has 1 aromatic carbocycles. The molecule has 0 aromatic heterocycles. The fourth-order valence-electron chi connectivity index (χ4n) is 2.55. The molecule has 0 bridgehead atoms. The van der Waals surface area contributed by atoms with Crippen molar-refractivity contribution in [1.29, 1.82) is 0 Å². The molecule has 0 unspecified atom stereocenters. The van der Waals surface area contributed by atoms with Crippen LogP contribution in [0.25, 0.3) is 0 Å². The lowest BCUT2D eigenvalue weighted by molar-refractivity contribution is -0.145. The first-order valence-electron chi connectivity index (χ1n) is 6.30. The Morgan fingerprint density at radius 2 is 2.33 bits per heavy atom. The number of esters is 1. The number of methoxy groups -OCH3 is 1. The zero-order chi connectivity index (χ0) is 13.0. The number of phenolic OH excluding ortho intramolecular Hbond substituents is 1. The Hall–Kier alpha value is -1.55. The molecule has 0 aliphatic heterocycles. The van der Waals surface area contributed by atoms with E-state index in [2.05, 4.69) is 5.32 Å². The molecule has 0 amide bonds. The van der Waals surface area contributed by atoms with Gasteiger partial charge in [-0.1, -0.05) is 18.6 Å². The quantitative estimate of drug-likeness (QED) is 0.799. The second-order valence-electron chi connectivity index (χ2n) is 4.72. The summed E-state index contributed by atoms with van der Waals surface area (Å²) in [4.78, 5) is 11.6. The Bertz CT molecular complexity index is 419. The molecule has 0 spiro atoms. The summed E-state index contributed by atoms with van der Waals surface area (Å²) in [5.74, 6) is 0.110. The Balaban J connectivity index is 1.91. The molecule has 1 aliphatic rings. The predicted molar refractivity (Wildman–Crippen MR) is 68.1 cm³/mol. The van der Waals surface area contributed by atoms with Crippen molar-refractivity contribution in [2.45, 2.75) is 31.8 Å². The van der Waals surface area contributed by atoms with Crippen molar-refractivity contribution >= 4 is 5.97 Å². The molecule has 1 aliphatic carbocycles. The number of carbonyl (C=O) groups excluding carboxylic acids is 1. The first kappa shape index (κ1) is 12.9. The van der Waals surface area contributed by atoms with Gasteiger partial charge in [0.15, 0.2) is 0 Å². The summed E-state index contributed by atoms with van der Waals surface area (Å²) in [5.41, 5.74) is 1.02. The van der Waals surface area contributed by atoms with Gasteiger partial charge < -0.3 is 15.2 Å². The number of carbonyl (C=O) groups is 1. The van der Waals surface area contributed by atoms with E-state index < -0.39 is 0 Å². The topological polar surface area (TPSA) is 58.6 Å². The number of rotatable bonds is 4. The van der Waals surface area contributed by atoms with Gasteiger partial charge in [-0.05, 0) is 30.5 Å². The van der Waals surface area contributed by atoms with E-state index in [1.54, 1.807) is 12.1 Å². The number of benzene rings is 1. The molecule has 0 saturated heterocycles. The highest BCUT2D eigenvalue weighted by molar-refractivity contribution is 5.73. The maximum atomic E-state index is 11.6. The number of phenols is 1.